The minimum atomic E-state index is -0.283. The number of amides is 1. The van der Waals surface area contributed by atoms with E-state index in [0.29, 0.717) is 18.0 Å². The molecule has 0 saturated carbocycles. The molecule has 2 rings (SSSR count). The molecule has 0 bridgehead atoms. The van der Waals surface area contributed by atoms with Gasteiger partial charge in [-0.2, -0.15) is 0 Å². The third kappa shape index (κ3) is 6.46. The summed E-state index contributed by atoms with van der Waals surface area (Å²) in [4.78, 5) is 14.8. The smallest absolute Gasteiger partial charge is 0.234 e. The Bertz CT molecular complexity index is 793. The Morgan fingerprint density at radius 1 is 1.07 bits per heavy atom. The number of rotatable bonds is 10. The molecule has 0 heterocycles. The number of nitrogens with one attached hydrogen (secondary N) is 1. The highest BCUT2D eigenvalue weighted by Gasteiger charge is 2.20. The number of carbonyl (C=O) groups excluding carboxylic acids is 1. The number of halogens is 1. The van der Waals surface area contributed by atoms with Crippen LogP contribution in [0.15, 0.2) is 42.5 Å². The number of carbonyl (C=O) groups is 1. The molecule has 1 unspecified atom stereocenters. The standard InChI is InChI=1S/C23H31FN2O3/c1-6-26(14-17-7-12-20(28-4)21(13-17)29-5)15-22(27)25-23(16(2)3)18-8-10-19(24)11-9-18/h7-13,16,23H,6,14-15H2,1-5H3,(H,25,27). The number of methoxy groups -OCH3 is 2. The molecule has 5 nitrogen and oxygen atoms in total. The maximum Gasteiger partial charge on any atom is 0.234 e. The topological polar surface area (TPSA) is 50.8 Å². The van der Waals surface area contributed by atoms with Crippen LogP contribution in [-0.2, 0) is 11.3 Å². The van der Waals surface area contributed by atoms with Crippen molar-refractivity contribution in [1.29, 1.82) is 0 Å². The number of ether oxygens (including phenoxy) is 2. The van der Waals surface area contributed by atoms with Gasteiger partial charge in [0.2, 0.25) is 5.91 Å². The van der Waals surface area contributed by atoms with Gasteiger partial charge in [0.1, 0.15) is 5.82 Å². The Hall–Kier alpha value is -2.60. The minimum absolute atomic E-state index is 0.0599. The Balaban J connectivity index is 2.03. The molecule has 2 aromatic carbocycles. The van der Waals surface area contributed by atoms with Crippen LogP contribution in [0.5, 0.6) is 11.5 Å². The lowest BCUT2D eigenvalue weighted by Crippen LogP contribution is -2.40. The van der Waals surface area contributed by atoms with Crippen molar-refractivity contribution in [3.63, 3.8) is 0 Å². The first-order chi connectivity index (χ1) is 13.9. The summed E-state index contributed by atoms with van der Waals surface area (Å²) in [5, 5.41) is 3.10. The van der Waals surface area contributed by atoms with Crippen molar-refractivity contribution < 1.29 is 18.7 Å². The van der Waals surface area contributed by atoms with Crippen LogP contribution in [0.1, 0.15) is 37.9 Å². The second-order valence-corrected chi connectivity index (χ2v) is 7.33. The zero-order chi connectivity index (χ0) is 21.4. The first-order valence-corrected chi connectivity index (χ1v) is 9.86. The van der Waals surface area contributed by atoms with Crippen molar-refractivity contribution in [2.24, 2.45) is 5.92 Å². The first kappa shape index (κ1) is 22.7. The number of hydrogen-bond acceptors (Lipinski definition) is 4. The molecule has 1 N–H and O–H groups in total. The summed E-state index contributed by atoms with van der Waals surface area (Å²) in [6.45, 7) is 7.71. The molecule has 0 aliphatic carbocycles. The largest absolute Gasteiger partial charge is 0.493 e. The highest BCUT2D eigenvalue weighted by molar-refractivity contribution is 5.78. The maximum absolute atomic E-state index is 13.2. The molecular weight excluding hydrogens is 371 g/mol. The van der Waals surface area contributed by atoms with E-state index in [1.165, 1.54) is 12.1 Å². The van der Waals surface area contributed by atoms with Crippen LogP contribution in [0.2, 0.25) is 0 Å². The van der Waals surface area contributed by atoms with E-state index in [0.717, 1.165) is 17.7 Å². The van der Waals surface area contributed by atoms with Gasteiger partial charge in [0.05, 0.1) is 26.8 Å². The Kier molecular flexibility index (Phi) is 8.46. The molecule has 0 spiro atoms. The van der Waals surface area contributed by atoms with Crippen molar-refractivity contribution in [1.82, 2.24) is 10.2 Å². The van der Waals surface area contributed by atoms with Crippen LogP contribution >= 0.6 is 0 Å². The Labute approximate surface area is 172 Å². The average Bonchev–Trinajstić information content (AvgIpc) is 2.71. The summed E-state index contributed by atoms with van der Waals surface area (Å²) < 4.78 is 23.9. The summed E-state index contributed by atoms with van der Waals surface area (Å²) in [6.07, 6.45) is 0. The SMILES string of the molecule is CCN(CC(=O)NC(c1ccc(F)cc1)C(C)C)Cc1ccc(OC)c(OC)c1. The Morgan fingerprint density at radius 3 is 2.28 bits per heavy atom. The number of nitrogens with zero attached hydrogens (tertiary/aromatic N) is 1. The maximum atomic E-state index is 13.2. The summed E-state index contributed by atoms with van der Waals surface area (Å²) >= 11 is 0. The van der Waals surface area contributed by atoms with E-state index in [9.17, 15) is 9.18 Å². The summed E-state index contributed by atoms with van der Waals surface area (Å²) in [6, 6.07) is 11.9. The third-order valence-electron chi connectivity index (χ3n) is 4.88. The van der Waals surface area contributed by atoms with Crippen molar-refractivity contribution >= 4 is 5.91 Å². The van der Waals surface area contributed by atoms with Crippen LogP contribution in [0.4, 0.5) is 4.39 Å². The van der Waals surface area contributed by atoms with Gasteiger partial charge in [-0.3, -0.25) is 9.69 Å². The van der Waals surface area contributed by atoms with Crippen LogP contribution in [-0.4, -0.2) is 38.1 Å². The van der Waals surface area contributed by atoms with E-state index in [2.05, 4.69) is 10.2 Å². The lowest BCUT2D eigenvalue weighted by molar-refractivity contribution is -0.123. The van der Waals surface area contributed by atoms with Crippen LogP contribution in [0.3, 0.4) is 0 Å². The molecule has 0 aliphatic rings. The van der Waals surface area contributed by atoms with E-state index in [-0.39, 0.29) is 30.2 Å². The average molecular weight is 403 g/mol. The van der Waals surface area contributed by atoms with Crippen molar-refractivity contribution in [2.75, 3.05) is 27.3 Å². The van der Waals surface area contributed by atoms with Gasteiger partial charge >= 0.3 is 0 Å². The lowest BCUT2D eigenvalue weighted by Gasteiger charge is -2.26. The van der Waals surface area contributed by atoms with Gasteiger partial charge in [-0.1, -0.05) is 39.0 Å². The molecule has 1 atom stereocenters. The molecule has 158 valence electrons. The molecular formula is C23H31FN2O3. The van der Waals surface area contributed by atoms with E-state index in [1.54, 1.807) is 26.4 Å². The molecule has 0 radical (unpaired) electrons. The van der Waals surface area contributed by atoms with Crippen molar-refractivity contribution in [3.05, 3.63) is 59.4 Å². The quantitative estimate of drug-likeness (QED) is 0.648. The van der Waals surface area contributed by atoms with Crippen molar-refractivity contribution in [2.45, 2.75) is 33.4 Å². The van der Waals surface area contributed by atoms with Gasteiger partial charge in [-0.15, -0.1) is 0 Å². The van der Waals surface area contributed by atoms with Crippen LogP contribution in [0.25, 0.3) is 0 Å². The minimum Gasteiger partial charge on any atom is -0.493 e. The fourth-order valence-electron chi connectivity index (χ4n) is 3.24. The lowest BCUT2D eigenvalue weighted by atomic mass is 9.96. The molecule has 2 aromatic rings. The van der Waals surface area contributed by atoms with E-state index < -0.39 is 0 Å². The summed E-state index contributed by atoms with van der Waals surface area (Å²) in [7, 11) is 3.21. The molecule has 0 saturated heterocycles. The first-order valence-electron chi connectivity index (χ1n) is 9.86. The summed E-state index contributed by atoms with van der Waals surface area (Å²) in [5.74, 6) is 1.19. The normalized spacial score (nSPS) is 12.1. The van der Waals surface area contributed by atoms with E-state index >= 15 is 0 Å². The monoisotopic (exact) mass is 402 g/mol. The number of hydrogen-bond donors (Lipinski definition) is 1. The fraction of sp³-hybridized carbons (Fsp3) is 0.435. The second-order valence-electron chi connectivity index (χ2n) is 7.33. The Morgan fingerprint density at radius 2 is 1.72 bits per heavy atom. The van der Waals surface area contributed by atoms with Gasteiger partial charge in [0.25, 0.3) is 0 Å². The van der Waals surface area contributed by atoms with E-state index in [1.807, 2.05) is 39.0 Å². The van der Waals surface area contributed by atoms with Crippen LogP contribution in [0, 0.1) is 11.7 Å². The zero-order valence-corrected chi connectivity index (χ0v) is 17.9. The highest BCUT2D eigenvalue weighted by Crippen LogP contribution is 2.28. The highest BCUT2D eigenvalue weighted by atomic mass is 19.1. The zero-order valence-electron chi connectivity index (χ0n) is 17.9. The number of likely N-dealkylation sites (N-methyl/N-ethyl adjacent to an activating group) is 1. The molecule has 0 fully saturated rings. The van der Waals surface area contributed by atoms with Gasteiger partial charge in [0, 0.05) is 6.54 Å². The predicted molar refractivity (Wildman–Crippen MR) is 113 cm³/mol. The summed E-state index contributed by atoms with van der Waals surface area (Å²) in [5.41, 5.74) is 1.94. The van der Waals surface area contributed by atoms with Gasteiger partial charge < -0.3 is 14.8 Å². The van der Waals surface area contributed by atoms with Crippen molar-refractivity contribution in [3.8, 4) is 11.5 Å². The molecule has 0 aromatic heterocycles. The van der Waals surface area contributed by atoms with E-state index in [4.69, 9.17) is 9.47 Å². The van der Waals surface area contributed by atoms with Gasteiger partial charge in [-0.25, -0.2) is 4.39 Å². The predicted octanol–water partition coefficient (Wildman–Crippen LogP) is 4.18. The third-order valence-corrected chi connectivity index (χ3v) is 4.88. The molecule has 0 aliphatic heterocycles. The number of benzene rings is 2. The fourth-order valence-corrected chi connectivity index (χ4v) is 3.24. The van der Waals surface area contributed by atoms with Gasteiger partial charge in [0.15, 0.2) is 11.5 Å². The molecule has 1 amide bonds. The second kappa shape index (κ2) is 10.8. The molecule has 6 heteroatoms. The molecule has 29 heavy (non-hydrogen) atoms. The van der Waals surface area contributed by atoms with Gasteiger partial charge in [-0.05, 0) is 47.9 Å². The van der Waals surface area contributed by atoms with Crippen LogP contribution < -0.4 is 14.8 Å².